The summed E-state index contributed by atoms with van der Waals surface area (Å²) in [5.74, 6) is 0.695. The summed E-state index contributed by atoms with van der Waals surface area (Å²) in [5, 5.41) is 4.42. The van der Waals surface area contributed by atoms with Crippen molar-refractivity contribution in [1.82, 2.24) is 14.7 Å². The van der Waals surface area contributed by atoms with Gasteiger partial charge >= 0.3 is 0 Å². The number of anilines is 1. The molecule has 0 amide bonds. The van der Waals surface area contributed by atoms with E-state index in [1.807, 2.05) is 7.05 Å². The van der Waals surface area contributed by atoms with Crippen LogP contribution in [-0.4, -0.2) is 39.9 Å². The molecule has 1 aromatic rings. The molecule has 0 aliphatic heterocycles. The highest BCUT2D eigenvalue weighted by Gasteiger charge is 2.16. The van der Waals surface area contributed by atoms with Crippen LogP contribution >= 0.6 is 0 Å². The minimum absolute atomic E-state index is 0.512. The van der Waals surface area contributed by atoms with Gasteiger partial charge in [0.25, 0.3) is 0 Å². The summed E-state index contributed by atoms with van der Waals surface area (Å²) in [4.78, 5) is 2.40. The molecule has 0 unspecified atom stereocenters. The van der Waals surface area contributed by atoms with Gasteiger partial charge in [0.05, 0.1) is 5.69 Å². The van der Waals surface area contributed by atoms with Crippen molar-refractivity contribution in [3.05, 3.63) is 5.69 Å². The number of nitrogens with zero attached hydrogens (tertiary/aromatic N) is 3. The van der Waals surface area contributed by atoms with Crippen LogP contribution in [-0.2, 0) is 13.5 Å². The molecule has 1 rings (SSSR count). The standard InChI is InChI=1S/C15H30N4O/c1-7-8-13-14(16)15(18(6)17-13)20-10-9-19(11(2)3)12(4)5/h11-12H,7-10,16H2,1-6H3. The number of aryl methyl sites for hydroxylation is 2. The van der Waals surface area contributed by atoms with Gasteiger partial charge in [0.2, 0.25) is 5.88 Å². The summed E-state index contributed by atoms with van der Waals surface area (Å²) in [6.07, 6.45) is 1.93. The summed E-state index contributed by atoms with van der Waals surface area (Å²) >= 11 is 0. The van der Waals surface area contributed by atoms with Crippen LogP contribution in [0.2, 0.25) is 0 Å². The second-order valence-corrected chi connectivity index (χ2v) is 5.81. The maximum Gasteiger partial charge on any atom is 0.235 e. The number of hydrogen-bond acceptors (Lipinski definition) is 4. The summed E-state index contributed by atoms with van der Waals surface area (Å²) in [6.45, 7) is 12.5. The van der Waals surface area contributed by atoms with E-state index in [-0.39, 0.29) is 0 Å². The molecule has 0 fully saturated rings. The number of aromatic nitrogens is 2. The Hall–Kier alpha value is -1.23. The quantitative estimate of drug-likeness (QED) is 0.795. The van der Waals surface area contributed by atoms with E-state index in [1.54, 1.807) is 4.68 Å². The lowest BCUT2D eigenvalue weighted by molar-refractivity contribution is 0.138. The van der Waals surface area contributed by atoms with Gasteiger partial charge in [-0.05, 0) is 34.1 Å². The largest absolute Gasteiger partial charge is 0.475 e. The Balaban J connectivity index is 2.62. The first-order valence-electron chi connectivity index (χ1n) is 7.58. The van der Waals surface area contributed by atoms with Crippen molar-refractivity contribution in [2.45, 2.75) is 59.5 Å². The molecule has 0 aliphatic carbocycles. The predicted octanol–water partition coefficient (Wildman–Crippen LogP) is 2.45. The monoisotopic (exact) mass is 282 g/mol. The molecule has 1 aromatic heterocycles. The molecule has 0 radical (unpaired) electrons. The highest BCUT2D eigenvalue weighted by atomic mass is 16.5. The van der Waals surface area contributed by atoms with Gasteiger partial charge in [0.15, 0.2) is 0 Å². The SMILES string of the molecule is CCCc1nn(C)c(OCCN(C(C)C)C(C)C)c1N. The van der Waals surface area contributed by atoms with Crippen LogP contribution in [0.5, 0.6) is 5.88 Å². The Morgan fingerprint density at radius 3 is 2.35 bits per heavy atom. The third-order valence-electron chi connectivity index (χ3n) is 3.51. The van der Waals surface area contributed by atoms with Gasteiger partial charge in [-0.25, -0.2) is 4.68 Å². The number of hydrogen-bond donors (Lipinski definition) is 1. The molecule has 1 heterocycles. The molecule has 5 nitrogen and oxygen atoms in total. The lowest BCUT2D eigenvalue weighted by Crippen LogP contribution is -2.39. The predicted molar refractivity (Wildman–Crippen MR) is 84.1 cm³/mol. The number of nitrogens with two attached hydrogens (primary N) is 1. The Morgan fingerprint density at radius 1 is 1.25 bits per heavy atom. The third-order valence-corrected chi connectivity index (χ3v) is 3.51. The van der Waals surface area contributed by atoms with Crippen molar-refractivity contribution in [2.24, 2.45) is 7.05 Å². The van der Waals surface area contributed by atoms with Crippen molar-refractivity contribution in [3.63, 3.8) is 0 Å². The van der Waals surface area contributed by atoms with Crippen LogP contribution in [0, 0.1) is 0 Å². The van der Waals surface area contributed by atoms with E-state index in [0.29, 0.717) is 30.3 Å². The van der Waals surface area contributed by atoms with E-state index in [9.17, 15) is 0 Å². The zero-order chi connectivity index (χ0) is 15.3. The van der Waals surface area contributed by atoms with Crippen molar-refractivity contribution < 1.29 is 4.74 Å². The summed E-state index contributed by atoms with van der Waals surface area (Å²) < 4.78 is 7.60. The molecular weight excluding hydrogens is 252 g/mol. The van der Waals surface area contributed by atoms with Crippen molar-refractivity contribution in [3.8, 4) is 5.88 Å². The maximum absolute atomic E-state index is 6.10. The molecule has 0 saturated heterocycles. The fourth-order valence-electron chi connectivity index (χ4n) is 2.53. The van der Waals surface area contributed by atoms with E-state index in [2.05, 4.69) is 44.6 Å². The molecule has 0 spiro atoms. The summed E-state index contributed by atoms with van der Waals surface area (Å²) in [6, 6.07) is 1.02. The van der Waals surface area contributed by atoms with Crippen molar-refractivity contribution in [1.29, 1.82) is 0 Å². The van der Waals surface area contributed by atoms with Crippen LogP contribution in [0.1, 0.15) is 46.7 Å². The smallest absolute Gasteiger partial charge is 0.235 e. The normalized spacial score (nSPS) is 11.8. The van der Waals surface area contributed by atoms with Crippen LogP contribution < -0.4 is 10.5 Å². The molecule has 0 bridgehead atoms. The van der Waals surface area contributed by atoms with E-state index < -0.39 is 0 Å². The molecule has 116 valence electrons. The molecular formula is C15H30N4O. The first kappa shape index (κ1) is 16.8. The third kappa shape index (κ3) is 4.13. The van der Waals surface area contributed by atoms with Crippen molar-refractivity contribution >= 4 is 5.69 Å². The van der Waals surface area contributed by atoms with Crippen LogP contribution in [0.3, 0.4) is 0 Å². The maximum atomic E-state index is 6.10. The number of rotatable bonds is 8. The van der Waals surface area contributed by atoms with Gasteiger partial charge in [-0.3, -0.25) is 4.90 Å². The zero-order valence-corrected chi connectivity index (χ0v) is 13.8. The van der Waals surface area contributed by atoms with E-state index in [0.717, 1.165) is 25.1 Å². The molecule has 0 aliphatic rings. The van der Waals surface area contributed by atoms with Crippen molar-refractivity contribution in [2.75, 3.05) is 18.9 Å². The summed E-state index contributed by atoms with van der Waals surface area (Å²) in [7, 11) is 1.88. The minimum Gasteiger partial charge on any atom is -0.475 e. The van der Waals surface area contributed by atoms with Gasteiger partial charge in [0.1, 0.15) is 12.3 Å². The molecule has 5 heteroatoms. The van der Waals surface area contributed by atoms with Gasteiger partial charge in [0, 0.05) is 25.7 Å². The summed E-state index contributed by atoms with van der Waals surface area (Å²) in [5.41, 5.74) is 7.73. The molecule has 0 atom stereocenters. The lowest BCUT2D eigenvalue weighted by Gasteiger charge is -2.30. The van der Waals surface area contributed by atoms with Gasteiger partial charge < -0.3 is 10.5 Å². The molecule has 0 aromatic carbocycles. The van der Waals surface area contributed by atoms with E-state index >= 15 is 0 Å². The van der Waals surface area contributed by atoms with Crippen LogP contribution in [0.25, 0.3) is 0 Å². The van der Waals surface area contributed by atoms with Crippen LogP contribution in [0.4, 0.5) is 5.69 Å². The van der Waals surface area contributed by atoms with Gasteiger partial charge in [-0.2, -0.15) is 5.10 Å². The fourth-order valence-corrected chi connectivity index (χ4v) is 2.53. The average Bonchev–Trinajstić information content (AvgIpc) is 2.61. The average molecular weight is 282 g/mol. The van der Waals surface area contributed by atoms with Gasteiger partial charge in [-0.15, -0.1) is 0 Å². The van der Waals surface area contributed by atoms with E-state index in [4.69, 9.17) is 10.5 Å². The fraction of sp³-hybridized carbons (Fsp3) is 0.800. The topological polar surface area (TPSA) is 56.3 Å². The Kier molecular flexibility index (Phi) is 6.33. The lowest BCUT2D eigenvalue weighted by atomic mass is 10.2. The zero-order valence-electron chi connectivity index (χ0n) is 13.8. The first-order chi connectivity index (χ1) is 9.38. The highest BCUT2D eigenvalue weighted by molar-refractivity contribution is 5.53. The Labute approximate surface area is 123 Å². The van der Waals surface area contributed by atoms with Crippen LogP contribution in [0.15, 0.2) is 0 Å². The second-order valence-electron chi connectivity index (χ2n) is 5.81. The Morgan fingerprint density at radius 2 is 1.85 bits per heavy atom. The highest BCUT2D eigenvalue weighted by Crippen LogP contribution is 2.25. The second kappa shape index (κ2) is 7.53. The van der Waals surface area contributed by atoms with E-state index in [1.165, 1.54) is 0 Å². The minimum atomic E-state index is 0.512. The van der Waals surface area contributed by atoms with Gasteiger partial charge in [-0.1, -0.05) is 13.3 Å². The molecule has 0 saturated carbocycles. The molecule has 20 heavy (non-hydrogen) atoms. The number of ether oxygens (including phenoxy) is 1. The Bertz CT molecular complexity index is 404. The molecule has 2 N–H and O–H groups in total. The number of nitrogen functional groups attached to an aromatic ring is 1. The first-order valence-corrected chi connectivity index (χ1v) is 7.58.